The van der Waals surface area contributed by atoms with Crippen molar-refractivity contribution in [1.82, 2.24) is 10.2 Å². The number of nitrogens with two attached hydrogens (primary N) is 1. The maximum atomic E-state index is 11.9. The summed E-state index contributed by atoms with van der Waals surface area (Å²) < 4.78 is 0. The SMILES string of the molecule is CC(=O)CCCCNC(=O)C(CN)N1C(=O)CCC1=O. The molecule has 1 atom stereocenters. The standard InChI is InChI=1S/C13H21N3O4/c1-9(17)4-2-3-7-15-13(20)10(8-14)16-11(18)5-6-12(16)19/h10H,2-8,14H2,1H3,(H,15,20). The van der Waals surface area contributed by atoms with Gasteiger partial charge >= 0.3 is 0 Å². The first-order valence-corrected chi connectivity index (χ1v) is 6.79. The molecule has 0 aliphatic carbocycles. The summed E-state index contributed by atoms with van der Waals surface area (Å²) in [6.07, 6.45) is 2.14. The minimum absolute atomic E-state index is 0.0865. The van der Waals surface area contributed by atoms with Gasteiger partial charge in [-0.2, -0.15) is 0 Å². The maximum absolute atomic E-state index is 11.9. The lowest BCUT2D eigenvalue weighted by Crippen LogP contribution is -2.53. The van der Waals surface area contributed by atoms with Crippen molar-refractivity contribution < 1.29 is 19.2 Å². The number of amides is 3. The van der Waals surface area contributed by atoms with Gasteiger partial charge in [-0.25, -0.2) is 0 Å². The van der Waals surface area contributed by atoms with Crippen LogP contribution in [0.3, 0.4) is 0 Å². The molecule has 0 radical (unpaired) electrons. The van der Waals surface area contributed by atoms with E-state index >= 15 is 0 Å². The first-order chi connectivity index (χ1) is 9.47. The molecule has 20 heavy (non-hydrogen) atoms. The van der Waals surface area contributed by atoms with Crippen LogP contribution < -0.4 is 11.1 Å². The van der Waals surface area contributed by atoms with E-state index in [0.717, 1.165) is 4.90 Å². The van der Waals surface area contributed by atoms with E-state index in [1.54, 1.807) is 0 Å². The highest BCUT2D eigenvalue weighted by Gasteiger charge is 2.37. The molecule has 112 valence electrons. The van der Waals surface area contributed by atoms with E-state index < -0.39 is 11.9 Å². The second-order valence-electron chi connectivity index (χ2n) is 4.86. The van der Waals surface area contributed by atoms with Crippen LogP contribution >= 0.6 is 0 Å². The van der Waals surface area contributed by atoms with Crippen LogP contribution in [0, 0.1) is 0 Å². The molecule has 1 saturated heterocycles. The average Bonchev–Trinajstić information content (AvgIpc) is 2.71. The fraction of sp³-hybridized carbons (Fsp3) is 0.692. The fourth-order valence-electron chi connectivity index (χ4n) is 2.10. The zero-order valence-electron chi connectivity index (χ0n) is 11.7. The summed E-state index contributed by atoms with van der Waals surface area (Å²) in [4.78, 5) is 46.8. The van der Waals surface area contributed by atoms with Crippen molar-refractivity contribution in [2.75, 3.05) is 13.1 Å². The molecule has 0 saturated carbocycles. The van der Waals surface area contributed by atoms with Crippen molar-refractivity contribution in [2.24, 2.45) is 5.73 Å². The Morgan fingerprint density at radius 3 is 2.35 bits per heavy atom. The van der Waals surface area contributed by atoms with E-state index in [4.69, 9.17) is 5.73 Å². The molecule has 1 fully saturated rings. The van der Waals surface area contributed by atoms with E-state index in [2.05, 4.69) is 5.32 Å². The highest BCUT2D eigenvalue weighted by Crippen LogP contribution is 2.15. The predicted octanol–water partition coefficient (Wildman–Crippen LogP) is -0.662. The molecular formula is C13H21N3O4. The molecule has 1 unspecified atom stereocenters. The number of hydrogen-bond acceptors (Lipinski definition) is 5. The molecular weight excluding hydrogens is 262 g/mol. The van der Waals surface area contributed by atoms with Gasteiger partial charge in [0.25, 0.3) is 0 Å². The molecule has 0 aromatic rings. The summed E-state index contributed by atoms with van der Waals surface area (Å²) in [6, 6.07) is -0.926. The molecule has 3 N–H and O–H groups in total. The summed E-state index contributed by atoms with van der Waals surface area (Å²) in [5.41, 5.74) is 5.50. The number of rotatable bonds is 8. The number of likely N-dealkylation sites (tertiary alicyclic amines) is 1. The molecule has 1 aliphatic heterocycles. The molecule has 0 aromatic heterocycles. The highest BCUT2D eigenvalue weighted by atomic mass is 16.2. The number of nitrogens with zero attached hydrogens (tertiary/aromatic N) is 1. The molecule has 0 bridgehead atoms. The van der Waals surface area contributed by atoms with Gasteiger partial charge in [0, 0.05) is 32.4 Å². The molecule has 3 amide bonds. The van der Waals surface area contributed by atoms with Crippen LogP contribution in [0.1, 0.15) is 39.0 Å². The van der Waals surface area contributed by atoms with Gasteiger partial charge in [0.05, 0.1) is 0 Å². The van der Waals surface area contributed by atoms with Gasteiger partial charge in [-0.1, -0.05) is 0 Å². The maximum Gasteiger partial charge on any atom is 0.244 e. The summed E-state index contributed by atoms with van der Waals surface area (Å²) in [6.45, 7) is 1.84. The summed E-state index contributed by atoms with van der Waals surface area (Å²) in [5.74, 6) is -1.00. The van der Waals surface area contributed by atoms with Gasteiger partial charge in [0.2, 0.25) is 17.7 Å². The number of carbonyl (C=O) groups is 4. The first-order valence-electron chi connectivity index (χ1n) is 6.79. The lowest BCUT2D eigenvalue weighted by atomic mass is 10.2. The Morgan fingerprint density at radius 2 is 1.85 bits per heavy atom. The van der Waals surface area contributed by atoms with Crippen LogP contribution in [0.4, 0.5) is 0 Å². The zero-order chi connectivity index (χ0) is 15.1. The van der Waals surface area contributed by atoms with E-state index in [0.29, 0.717) is 25.8 Å². The van der Waals surface area contributed by atoms with Gasteiger partial charge in [-0.05, 0) is 19.8 Å². The Kier molecular flexibility index (Phi) is 6.30. The minimum atomic E-state index is -0.926. The lowest BCUT2D eigenvalue weighted by molar-refractivity contribution is -0.146. The molecule has 7 nitrogen and oxygen atoms in total. The summed E-state index contributed by atoms with van der Waals surface area (Å²) in [5, 5.41) is 2.65. The lowest BCUT2D eigenvalue weighted by Gasteiger charge is -2.23. The normalized spacial score (nSPS) is 16.4. The Hall–Kier alpha value is -1.76. The number of carbonyl (C=O) groups excluding carboxylic acids is 4. The van der Waals surface area contributed by atoms with Gasteiger partial charge in [-0.15, -0.1) is 0 Å². The molecule has 0 aromatic carbocycles. The smallest absolute Gasteiger partial charge is 0.244 e. The second kappa shape index (κ2) is 7.74. The Labute approximate surface area is 117 Å². The average molecular weight is 283 g/mol. The molecule has 0 spiro atoms. The van der Waals surface area contributed by atoms with E-state index in [-0.39, 0.29) is 37.0 Å². The Morgan fingerprint density at radius 1 is 1.25 bits per heavy atom. The Bertz CT molecular complexity index is 392. The number of imide groups is 1. The van der Waals surface area contributed by atoms with E-state index in [1.807, 2.05) is 0 Å². The van der Waals surface area contributed by atoms with Crippen molar-refractivity contribution in [2.45, 2.75) is 45.1 Å². The third kappa shape index (κ3) is 4.41. The van der Waals surface area contributed by atoms with Gasteiger partial charge < -0.3 is 15.8 Å². The number of Topliss-reactive ketones (excluding diaryl/α,β-unsaturated/α-hetero) is 1. The van der Waals surface area contributed by atoms with Crippen molar-refractivity contribution >= 4 is 23.5 Å². The summed E-state index contributed by atoms with van der Waals surface area (Å²) >= 11 is 0. The van der Waals surface area contributed by atoms with Crippen LogP contribution in [0.5, 0.6) is 0 Å². The largest absolute Gasteiger partial charge is 0.354 e. The van der Waals surface area contributed by atoms with Crippen molar-refractivity contribution in [3.8, 4) is 0 Å². The minimum Gasteiger partial charge on any atom is -0.354 e. The van der Waals surface area contributed by atoms with Crippen LogP contribution in [0.2, 0.25) is 0 Å². The number of nitrogens with one attached hydrogen (secondary N) is 1. The number of ketones is 1. The van der Waals surface area contributed by atoms with Crippen molar-refractivity contribution in [3.05, 3.63) is 0 Å². The highest BCUT2D eigenvalue weighted by molar-refractivity contribution is 6.05. The molecule has 1 aliphatic rings. The van der Waals surface area contributed by atoms with Crippen LogP contribution in [0.25, 0.3) is 0 Å². The number of unbranched alkanes of at least 4 members (excludes halogenated alkanes) is 1. The second-order valence-corrected chi connectivity index (χ2v) is 4.86. The van der Waals surface area contributed by atoms with Crippen LogP contribution in [-0.4, -0.2) is 47.5 Å². The first kappa shape index (κ1) is 16.3. The van der Waals surface area contributed by atoms with Crippen LogP contribution in [0.15, 0.2) is 0 Å². The van der Waals surface area contributed by atoms with Gasteiger partial charge in [0.15, 0.2) is 0 Å². The molecule has 7 heteroatoms. The monoisotopic (exact) mass is 283 g/mol. The summed E-state index contributed by atoms with van der Waals surface area (Å²) in [7, 11) is 0. The Balaban J connectivity index is 2.41. The van der Waals surface area contributed by atoms with Gasteiger partial charge in [-0.3, -0.25) is 19.3 Å². The van der Waals surface area contributed by atoms with E-state index in [9.17, 15) is 19.2 Å². The van der Waals surface area contributed by atoms with Crippen molar-refractivity contribution in [3.63, 3.8) is 0 Å². The quantitative estimate of drug-likeness (QED) is 0.454. The topological polar surface area (TPSA) is 110 Å². The third-order valence-corrected chi connectivity index (χ3v) is 3.18. The molecule has 1 rings (SSSR count). The van der Waals surface area contributed by atoms with Crippen molar-refractivity contribution in [1.29, 1.82) is 0 Å². The van der Waals surface area contributed by atoms with E-state index in [1.165, 1.54) is 6.92 Å². The fourth-order valence-corrected chi connectivity index (χ4v) is 2.10. The predicted molar refractivity (Wildman–Crippen MR) is 71.5 cm³/mol. The third-order valence-electron chi connectivity index (χ3n) is 3.18. The zero-order valence-corrected chi connectivity index (χ0v) is 11.7. The van der Waals surface area contributed by atoms with Gasteiger partial charge in [0.1, 0.15) is 11.8 Å². The molecule has 1 heterocycles. The van der Waals surface area contributed by atoms with Crippen LogP contribution in [-0.2, 0) is 19.2 Å². The number of hydrogen-bond donors (Lipinski definition) is 2.